The zero-order valence-corrected chi connectivity index (χ0v) is 9.03. The summed E-state index contributed by atoms with van der Waals surface area (Å²) in [6.07, 6.45) is 3.59. The van der Waals surface area contributed by atoms with Crippen molar-refractivity contribution in [3.05, 3.63) is 0 Å². The van der Waals surface area contributed by atoms with Crippen LogP contribution < -0.4 is 16.8 Å². The fraction of sp³-hybridized carbons (Fsp3) is 0.800. The molecule has 1 saturated carbocycles. The van der Waals surface area contributed by atoms with Gasteiger partial charge in [0, 0.05) is 6.04 Å². The molecular weight excluding hydrogens is 194 g/mol. The zero-order valence-electron chi connectivity index (χ0n) is 9.03. The van der Waals surface area contributed by atoms with Gasteiger partial charge in [-0.05, 0) is 19.8 Å². The highest BCUT2D eigenvalue weighted by atomic mass is 16.2. The molecule has 15 heavy (non-hydrogen) atoms. The third kappa shape index (κ3) is 3.20. The molecule has 0 saturated heterocycles. The third-order valence-electron chi connectivity index (χ3n) is 2.87. The summed E-state index contributed by atoms with van der Waals surface area (Å²) < 4.78 is 0. The summed E-state index contributed by atoms with van der Waals surface area (Å²) in [6.45, 7) is 1.62. The van der Waals surface area contributed by atoms with E-state index in [1.807, 2.05) is 0 Å². The molecule has 0 aromatic carbocycles. The van der Waals surface area contributed by atoms with E-state index in [2.05, 4.69) is 5.32 Å². The van der Waals surface area contributed by atoms with Gasteiger partial charge in [0.2, 0.25) is 11.8 Å². The van der Waals surface area contributed by atoms with Crippen molar-refractivity contribution in [2.75, 3.05) is 0 Å². The van der Waals surface area contributed by atoms with E-state index in [0.717, 1.165) is 25.7 Å². The maximum atomic E-state index is 11.4. The molecule has 86 valence electrons. The number of nitrogens with two attached hydrogens (primary N) is 2. The van der Waals surface area contributed by atoms with Crippen molar-refractivity contribution in [2.24, 2.45) is 17.4 Å². The molecule has 5 N–H and O–H groups in total. The van der Waals surface area contributed by atoms with Gasteiger partial charge in [-0.2, -0.15) is 0 Å². The van der Waals surface area contributed by atoms with E-state index in [0.29, 0.717) is 0 Å². The standard InChI is InChI=1S/C10H19N3O2/c1-6(11)10(15)13-8-5-3-2-4-7(8)9(12)14/h6-8H,2-5,11H2,1H3,(H2,12,14)(H,13,15)/t6-,7?,8?/m1/s1. The summed E-state index contributed by atoms with van der Waals surface area (Å²) in [7, 11) is 0. The van der Waals surface area contributed by atoms with E-state index in [4.69, 9.17) is 11.5 Å². The van der Waals surface area contributed by atoms with E-state index in [-0.39, 0.29) is 23.8 Å². The van der Waals surface area contributed by atoms with Crippen LogP contribution in [0.5, 0.6) is 0 Å². The normalized spacial score (nSPS) is 28.1. The van der Waals surface area contributed by atoms with Crippen molar-refractivity contribution < 1.29 is 9.59 Å². The van der Waals surface area contributed by atoms with Crippen molar-refractivity contribution >= 4 is 11.8 Å². The minimum atomic E-state index is -0.541. The second-order valence-corrected chi connectivity index (χ2v) is 4.20. The first-order chi connectivity index (χ1) is 7.02. The highest BCUT2D eigenvalue weighted by Gasteiger charge is 2.30. The average molecular weight is 213 g/mol. The molecule has 0 radical (unpaired) electrons. The molecular formula is C10H19N3O2. The number of hydrogen-bond donors (Lipinski definition) is 3. The molecule has 1 fully saturated rings. The summed E-state index contributed by atoms with van der Waals surface area (Å²) in [4.78, 5) is 22.5. The Morgan fingerprint density at radius 3 is 2.47 bits per heavy atom. The second kappa shape index (κ2) is 5.11. The Kier molecular flexibility index (Phi) is 4.08. The lowest BCUT2D eigenvalue weighted by molar-refractivity contribution is -0.126. The first-order valence-corrected chi connectivity index (χ1v) is 5.37. The van der Waals surface area contributed by atoms with Gasteiger partial charge in [-0.25, -0.2) is 0 Å². The largest absolute Gasteiger partial charge is 0.369 e. The minimum Gasteiger partial charge on any atom is -0.369 e. The summed E-state index contributed by atoms with van der Waals surface area (Å²) >= 11 is 0. The summed E-state index contributed by atoms with van der Waals surface area (Å²) in [5.74, 6) is -0.778. The molecule has 1 aliphatic rings. The van der Waals surface area contributed by atoms with Gasteiger partial charge in [0.25, 0.3) is 0 Å². The van der Waals surface area contributed by atoms with Crippen molar-refractivity contribution in [1.29, 1.82) is 0 Å². The van der Waals surface area contributed by atoms with Gasteiger partial charge < -0.3 is 16.8 Å². The lowest BCUT2D eigenvalue weighted by atomic mass is 9.84. The van der Waals surface area contributed by atoms with Gasteiger partial charge in [-0.15, -0.1) is 0 Å². The zero-order chi connectivity index (χ0) is 11.4. The Hall–Kier alpha value is -1.10. The first kappa shape index (κ1) is 12.0. The Labute approximate surface area is 89.6 Å². The lowest BCUT2D eigenvalue weighted by Crippen LogP contribution is -2.50. The van der Waals surface area contributed by atoms with Crippen molar-refractivity contribution in [2.45, 2.75) is 44.7 Å². The van der Waals surface area contributed by atoms with Crippen LogP contribution in [0.4, 0.5) is 0 Å². The average Bonchev–Trinajstić information content (AvgIpc) is 2.18. The van der Waals surface area contributed by atoms with Crippen LogP contribution in [-0.2, 0) is 9.59 Å². The molecule has 2 amide bonds. The summed E-state index contributed by atoms with van der Waals surface area (Å²) in [6, 6.07) is -0.671. The molecule has 0 aromatic rings. The fourth-order valence-electron chi connectivity index (χ4n) is 1.96. The fourth-order valence-corrected chi connectivity index (χ4v) is 1.96. The number of carbonyl (C=O) groups excluding carboxylic acids is 2. The Bertz CT molecular complexity index is 253. The smallest absolute Gasteiger partial charge is 0.236 e. The molecule has 0 spiro atoms. The predicted octanol–water partition coefficient (Wildman–Crippen LogP) is -0.506. The predicted molar refractivity (Wildman–Crippen MR) is 56.7 cm³/mol. The highest BCUT2D eigenvalue weighted by Crippen LogP contribution is 2.24. The number of carbonyl (C=O) groups is 2. The van der Waals surface area contributed by atoms with E-state index in [1.54, 1.807) is 6.92 Å². The second-order valence-electron chi connectivity index (χ2n) is 4.20. The number of amides is 2. The quantitative estimate of drug-likeness (QED) is 0.589. The molecule has 0 aromatic heterocycles. The van der Waals surface area contributed by atoms with Gasteiger partial charge >= 0.3 is 0 Å². The molecule has 3 atom stereocenters. The number of nitrogens with one attached hydrogen (secondary N) is 1. The molecule has 5 nitrogen and oxygen atoms in total. The van der Waals surface area contributed by atoms with Gasteiger partial charge in [-0.3, -0.25) is 9.59 Å². The molecule has 2 unspecified atom stereocenters. The topological polar surface area (TPSA) is 98.2 Å². The lowest BCUT2D eigenvalue weighted by Gasteiger charge is -2.30. The van der Waals surface area contributed by atoms with Gasteiger partial charge in [0.05, 0.1) is 12.0 Å². The minimum absolute atomic E-state index is 0.130. The van der Waals surface area contributed by atoms with Gasteiger partial charge in [-0.1, -0.05) is 12.8 Å². The van der Waals surface area contributed by atoms with Gasteiger partial charge in [0.15, 0.2) is 0 Å². The van der Waals surface area contributed by atoms with Gasteiger partial charge in [0.1, 0.15) is 0 Å². The van der Waals surface area contributed by atoms with E-state index in [9.17, 15) is 9.59 Å². The van der Waals surface area contributed by atoms with E-state index in [1.165, 1.54) is 0 Å². The van der Waals surface area contributed by atoms with Crippen LogP contribution in [0.3, 0.4) is 0 Å². The Morgan fingerprint density at radius 1 is 1.33 bits per heavy atom. The van der Waals surface area contributed by atoms with Crippen molar-refractivity contribution in [3.63, 3.8) is 0 Å². The first-order valence-electron chi connectivity index (χ1n) is 5.37. The van der Waals surface area contributed by atoms with E-state index < -0.39 is 6.04 Å². The Morgan fingerprint density at radius 2 is 1.93 bits per heavy atom. The molecule has 1 aliphatic carbocycles. The number of rotatable bonds is 3. The third-order valence-corrected chi connectivity index (χ3v) is 2.87. The molecule has 1 rings (SSSR count). The Balaban J connectivity index is 2.57. The maximum Gasteiger partial charge on any atom is 0.236 e. The van der Waals surface area contributed by atoms with Crippen LogP contribution in [0.15, 0.2) is 0 Å². The van der Waals surface area contributed by atoms with Crippen LogP contribution in [0.1, 0.15) is 32.6 Å². The molecule has 5 heteroatoms. The number of primary amides is 1. The van der Waals surface area contributed by atoms with Crippen molar-refractivity contribution in [1.82, 2.24) is 5.32 Å². The van der Waals surface area contributed by atoms with Crippen molar-refractivity contribution in [3.8, 4) is 0 Å². The van der Waals surface area contributed by atoms with Crippen LogP contribution in [-0.4, -0.2) is 23.9 Å². The van der Waals surface area contributed by atoms with Crippen LogP contribution in [0, 0.1) is 5.92 Å². The molecule has 0 heterocycles. The summed E-state index contributed by atoms with van der Waals surface area (Å²) in [5, 5.41) is 2.78. The SMILES string of the molecule is C[C@@H](N)C(=O)NC1CCCCC1C(N)=O. The molecule has 0 aliphatic heterocycles. The molecule has 0 bridgehead atoms. The highest BCUT2D eigenvalue weighted by molar-refractivity contribution is 5.83. The van der Waals surface area contributed by atoms with Crippen LogP contribution in [0.25, 0.3) is 0 Å². The van der Waals surface area contributed by atoms with Crippen LogP contribution >= 0.6 is 0 Å². The van der Waals surface area contributed by atoms with Crippen LogP contribution in [0.2, 0.25) is 0 Å². The number of hydrogen-bond acceptors (Lipinski definition) is 3. The van der Waals surface area contributed by atoms with E-state index >= 15 is 0 Å². The maximum absolute atomic E-state index is 11.4. The summed E-state index contributed by atoms with van der Waals surface area (Å²) in [5.41, 5.74) is 10.7. The monoisotopic (exact) mass is 213 g/mol.